The molecule has 2 N–H and O–H groups in total. The molecule has 1 saturated heterocycles. The summed E-state index contributed by atoms with van der Waals surface area (Å²) in [6.45, 7) is 3.74. The predicted molar refractivity (Wildman–Crippen MR) is 75.3 cm³/mol. The Kier molecular flexibility index (Phi) is 4.68. The summed E-state index contributed by atoms with van der Waals surface area (Å²) in [7, 11) is 0. The van der Waals surface area contributed by atoms with Crippen LogP contribution >= 0.6 is 23.2 Å². The lowest BCUT2D eigenvalue weighted by atomic mass is 10.1. The van der Waals surface area contributed by atoms with Crippen molar-refractivity contribution in [3.8, 4) is 0 Å². The summed E-state index contributed by atoms with van der Waals surface area (Å²) in [6, 6.07) is 5.54. The summed E-state index contributed by atoms with van der Waals surface area (Å²) >= 11 is 12.2. The quantitative estimate of drug-likeness (QED) is 0.930. The van der Waals surface area contributed by atoms with Crippen LogP contribution < -0.4 is 5.73 Å². The number of amides is 1. The van der Waals surface area contributed by atoms with Crippen molar-refractivity contribution in [1.82, 2.24) is 4.90 Å². The zero-order valence-electron chi connectivity index (χ0n) is 10.6. The minimum Gasteiger partial charge on any atom is -0.367 e. The minimum atomic E-state index is -0.568. The first-order chi connectivity index (χ1) is 8.97. The van der Waals surface area contributed by atoms with Crippen molar-refractivity contribution in [3.63, 3.8) is 0 Å². The van der Waals surface area contributed by atoms with Crippen molar-refractivity contribution in [3.05, 3.63) is 33.8 Å². The molecule has 0 aromatic heterocycles. The highest BCUT2D eigenvalue weighted by molar-refractivity contribution is 6.42. The van der Waals surface area contributed by atoms with Crippen LogP contribution in [0, 0.1) is 0 Å². The molecule has 1 aromatic carbocycles. The Morgan fingerprint density at radius 1 is 1.47 bits per heavy atom. The molecule has 0 radical (unpaired) electrons. The van der Waals surface area contributed by atoms with Gasteiger partial charge in [0.15, 0.2) is 0 Å². The molecule has 1 heterocycles. The molecule has 1 aromatic rings. The second-order valence-electron chi connectivity index (χ2n) is 4.74. The van der Waals surface area contributed by atoms with Crippen LogP contribution in [0.5, 0.6) is 0 Å². The Bertz CT molecular complexity index is 482. The summed E-state index contributed by atoms with van der Waals surface area (Å²) in [5.74, 6) is -0.436. The largest absolute Gasteiger partial charge is 0.367 e. The molecule has 2 atom stereocenters. The van der Waals surface area contributed by atoms with E-state index in [9.17, 15) is 4.79 Å². The lowest BCUT2D eigenvalue weighted by Gasteiger charge is -2.35. The number of nitrogens with two attached hydrogens (primary N) is 1. The maximum Gasteiger partial charge on any atom is 0.247 e. The average Bonchev–Trinajstić information content (AvgIpc) is 2.34. The molecule has 0 unspecified atom stereocenters. The summed E-state index contributed by atoms with van der Waals surface area (Å²) in [4.78, 5) is 13.3. The van der Waals surface area contributed by atoms with Gasteiger partial charge < -0.3 is 10.5 Å². The number of hydrogen-bond acceptors (Lipinski definition) is 3. The first kappa shape index (κ1) is 14.6. The number of primary amides is 1. The van der Waals surface area contributed by atoms with Gasteiger partial charge in [0.25, 0.3) is 0 Å². The maximum absolute atomic E-state index is 11.2. The molecule has 1 amide bonds. The van der Waals surface area contributed by atoms with Gasteiger partial charge in [0.2, 0.25) is 5.91 Å². The molecule has 2 rings (SSSR count). The standard InChI is InChI=1S/C13H16Cl2N2O2/c1-8-5-17(7-11(19-8)13(16)18)6-9-3-2-4-10(14)12(9)15/h2-4,8,11H,5-7H2,1H3,(H2,16,18)/t8-,11-/m1/s1. The first-order valence-electron chi connectivity index (χ1n) is 6.07. The number of hydrogen-bond donors (Lipinski definition) is 1. The van der Waals surface area contributed by atoms with E-state index >= 15 is 0 Å². The van der Waals surface area contributed by atoms with Gasteiger partial charge >= 0.3 is 0 Å². The van der Waals surface area contributed by atoms with E-state index < -0.39 is 12.0 Å². The molecule has 1 aliphatic heterocycles. The molecule has 6 heteroatoms. The molecule has 1 aliphatic rings. The van der Waals surface area contributed by atoms with Crippen LogP contribution in [0.15, 0.2) is 18.2 Å². The maximum atomic E-state index is 11.2. The van der Waals surface area contributed by atoms with E-state index in [0.717, 1.165) is 12.1 Å². The Hall–Kier alpha value is -0.810. The van der Waals surface area contributed by atoms with E-state index in [1.165, 1.54) is 0 Å². The van der Waals surface area contributed by atoms with Crippen molar-refractivity contribution in [1.29, 1.82) is 0 Å². The number of carbonyl (C=O) groups excluding carboxylic acids is 1. The van der Waals surface area contributed by atoms with Crippen LogP contribution in [0.1, 0.15) is 12.5 Å². The normalized spacial score (nSPS) is 24.4. The third-order valence-electron chi connectivity index (χ3n) is 3.08. The van der Waals surface area contributed by atoms with Gasteiger partial charge in [-0.1, -0.05) is 35.3 Å². The number of nitrogens with zero attached hydrogens (tertiary/aromatic N) is 1. The van der Waals surface area contributed by atoms with E-state index in [1.807, 2.05) is 19.1 Å². The van der Waals surface area contributed by atoms with E-state index in [-0.39, 0.29) is 6.10 Å². The molecule has 1 fully saturated rings. The monoisotopic (exact) mass is 302 g/mol. The Morgan fingerprint density at radius 3 is 2.89 bits per heavy atom. The average molecular weight is 303 g/mol. The van der Waals surface area contributed by atoms with Gasteiger partial charge in [0, 0.05) is 19.6 Å². The molecule has 4 nitrogen and oxygen atoms in total. The molecular formula is C13H16Cl2N2O2. The van der Waals surface area contributed by atoms with Crippen molar-refractivity contribution in [2.24, 2.45) is 5.73 Å². The molecule has 0 spiro atoms. The highest BCUT2D eigenvalue weighted by Crippen LogP contribution is 2.27. The van der Waals surface area contributed by atoms with Crippen molar-refractivity contribution < 1.29 is 9.53 Å². The van der Waals surface area contributed by atoms with Gasteiger partial charge in [0.1, 0.15) is 6.10 Å². The van der Waals surface area contributed by atoms with E-state index in [2.05, 4.69) is 4.90 Å². The van der Waals surface area contributed by atoms with Gasteiger partial charge in [0.05, 0.1) is 16.1 Å². The van der Waals surface area contributed by atoms with Crippen LogP contribution in [0.25, 0.3) is 0 Å². The smallest absolute Gasteiger partial charge is 0.247 e. The zero-order chi connectivity index (χ0) is 14.0. The van der Waals surface area contributed by atoms with Crippen LogP contribution in [0.4, 0.5) is 0 Å². The second-order valence-corrected chi connectivity index (χ2v) is 5.53. The molecule has 19 heavy (non-hydrogen) atoms. The molecule has 104 valence electrons. The Morgan fingerprint density at radius 2 is 2.21 bits per heavy atom. The fraction of sp³-hybridized carbons (Fsp3) is 0.462. The van der Waals surface area contributed by atoms with Crippen molar-refractivity contribution in [2.45, 2.75) is 25.7 Å². The zero-order valence-corrected chi connectivity index (χ0v) is 12.1. The van der Waals surface area contributed by atoms with Gasteiger partial charge in [-0.2, -0.15) is 0 Å². The Balaban J connectivity index is 2.09. The summed E-state index contributed by atoms with van der Waals surface area (Å²) < 4.78 is 5.49. The lowest BCUT2D eigenvalue weighted by molar-refractivity contribution is -0.142. The first-order valence-corrected chi connectivity index (χ1v) is 6.83. The number of rotatable bonds is 3. The minimum absolute atomic E-state index is 0.0378. The van der Waals surface area contributed by atoms with E-state index in [4.69, 9.17) is 33.7 Å². The van der Waals surface area contributed by atoms with Crippen LogP contribution in [-0.2, 0) is 16.1 Å². The fourth-order valence-electron chi connectivity index (χ4n) is 2.24. The van der Waals surface area contributed by atoms with Gasteiger partial charge in [-0.25, -0.2) is 0 Å². The SMILES string of the molecule is C[C@@H]1CN(Cc2cccc(Cl)c2Cl)C[C@H](C(N)=O)O1. The van der Waals surface area contributed by atoms with Gasteiger partial charge in [-0.15, -0.1) is 0 Å². The highest BCUT2D eigenvalue weighted by Gasteiger charge is 2.29. The number of benzene rings is 1. The summed E-state index contributed by atoms with van der Waals surface area (Å²) in [5, 5.41) is 1.09. The fourth-order valence-corrected chi connectivity index (χ4v) is 2.62. The molecule has 0 aliphatic carbocycles. The van der Waals surface area contributed by atoms with Gasteiger partial charge in [-0.3, -0.25) is 9.69 Å². The topological polar surface area (TPSA) is 55.6 Å². The van der Waals surface area contributed by atoms with Gasteiger partial charge in [-0.05, 0) is 18.6 Å². The second kappa shape index (κ2) is 6.09. The number of morpholine rings is 1. The highest BCUT2D eigenvalue weighted by atomic mass is 35.5. The van der Waals surface area contributed by atoms with E-state index in [1.54, 1.807) is 6.07 Å². The molecule has 0 saturated carbocycles. The van der Waals surface area contributed by atoms with E-state index in [0.29, 0.717) is 23.1 Å². The van der Waals surface area contributed by atoms with Crippen LogP contribution in [0.3, 0.4) is 0 Å². The van der Waals surface area contributed by atoms with Crippen molar-refractivity contribution in [2.75, 3.05) is 13.1 Å². The van der Waals surface area contributed by atoms with Crippen LogP contribution in [-0.4, -0.2) is 36.1 Å². The van der Waals surface area contributed by atoms with Crippen molar-refractivity contribution >= 4 is 29.1 Å². The summed E-state index contributed by atoms with van der Waals surface area (Å²) in [5.41, 5.74) is 6.24. The number of ether oxygens (including phenoxy) is 1. The Labute approximate surface area is 122 Å². The lowest BCUT2D eigenvalue weighted by Crippen LogP contribution is -2.51. The summed E-state index contributed by atoms with van der Waals surface area (Å²) in [6.07, 6.45) is -0.606. The number of halogens is 2. The molecule has 0 bridgehead atoms. The molecular weight excluding hydrogens is 287 g/mol. The third kappa shape index (κ3) is 3.60. The number of carbonyl (C=O) groups is 1. The predicted octanol–water partition coefficient (Wildman–Crippen LogP) is 2.07. The third-order valence-corrected chi connectivity index (χ3v) is 3.94. The van der Waals surface area contributed by atoms with Crippen LogP contribution in [0.2, 0.25) is 10.0 Å².